The highest BCUT2D eigenvalue weighted by molar-refractivity contribution is 14.1. The van der Waals surface area contributed by atoms with Gasteiger partial charge in [-0.1, -0.05) is 6.07 Å². The third-order valence-electron chi connectivity index (χ3n) is 4.22. The van der Waals surface area contributed by atoms with E-state index in [9.17, 15) is 15.0 Å². The van der Waals surface area contributed by atoms with Gasteiger partial charge in [0.15, 0.2) is 16.6 Å². The first-order chi connectivity index (χ1) is 12.5. The predicted octanol–water partition coefficient (Wildman–Crippen LogP) is 4.51. The number of thiazole rings is 1. The molecular weight excluding hydrogens is 465 g/mol. The molecule has 3 aromatic rings. The third-order valence-corrected chi connectivity index (χ3v) is 6.07. The Hall–Kier alpha value is -2.33. The Morgan fingerprint density at radius 2 is 2.00 bits per heavy atom. The number of aromatic hydroxyl groups is 2. The van der Waals surface area contributed by atoms with E-state index in [0.717, 1.165) is 33.9 Å². The lowest BCUT2D eigenvalue weighted by atomic mass is 9.97. The maximum absolute atomic E-state index is 11.6. The number of fused-ring (bicyclic) bond motifs is 3. The van der Waals surface area contributed by atoms with E-state index >= 15 is 0 Å². The molecule has 8 heteroatoms. The maximum Gasteiger partial charge on any atom is 0.221 e. The summed E-state index contributed by atoms with van der Waals surface area (Å²) in [6.07, 6.45) is 0.772. The van der Waals surface area contributed by atoms with Crippen molar-refractivity contribution in [2.75, 3.05) is 8.85 Å². The minimum Gasteiger partial charge on any atom is -0.504 e. The Kier molecular flexibility index (Phi) is 4.23. The topological polar surface area (TPSA) is 94.5 Å². The highest BCUT2D eigenvalue weighted by Crippen LogP contribution is 2.45. The van der Waals surface area contributed by atoms with Gasteiger partial charge in [-0.25, -0.2) is 4.98 Å². The number of carbonyl (C=O) groups is 1. The molecule has 1 aliphatic rings. The fraction of sp³-hybridized carbons (Fsp3) is 0.111. The van der Waals surface area contributed by atoms with E-state index in [-0.39, 0.29) is 17.4 Å². The number of halogens is 1. The average Bonchev–Trinajstić information content (AvgIpc) is 3.13. The molecule has 26 heavy (non-hydrogen) atoms. The fourth-order valence-electron chi connectivity index (χ4n) is 3.13. The molecule has 0 aliphatic heterocycles. The summed E-state index contributed by atoms with van der Waals surface area (Å²) in [5.41, 5.74) is 5.20. The molecule has 1 aromatic heterocycles. The second-order valence-electron chi connectivity index (χ2n) is 6.00. The molecule has 6 nitrogen and oxygen atoms in total. The van der Waals surface area contributed by atoms with Gasteiger partial charge in [-0.2, -0.15) is 0 Å². The summed E-state index contributed by atoms with van der Waals surface area (Å²) in [5, 5.41) is 23.2. The monoisotopic (exact) mass is 479 g/mol. The van der Waals surface area contributed by atoms with Gasteiger partial charge >= 0.3 is 0 Å². The smallest absolute Gasteiger partial charge is 0.221 e. The van der Waals surface area contributed by atoms with Crippen molar-refractivity contribution in [3.63, 3.8) is 0 Å². The Morgan fingerprint density at radius 1 is 1.19 bits per heavy atom. The van der Waals surface area contributed by atoms with Crippen molar-refractivity contribution >= 4 is 50.9 Å². The number of phenolic OH excluding ortho intramolecular Hbond substituents is 2. The fourth-order valence-corrected chi connectivity index (χ4v) is 4.47. The second-order valence-corrected chi connectivity index (χ2v) is 7.62. The van der Waals surface area contributed by atoms with Gasteiger partial charge in [0, 0.05) is 35.0 Å². The van der Waals surface area contributed by atoms with Crippen LogP contribution in [-0.4, -0.2) is 21.1 Å². The lowest BCUT2D eigenvalue weighted by Crippen LogP contribution is -2.07. The van der Waals surface area contributed by atoms with Crippen LogP contribution in [0.5, 0.6) is 11.5 Å². The molecule has 0 atom stereocenters. The molecular formula is C18H14IN3O3S. The van der Waals surface area contributed by atoms with Gasteiger partial charge in [0.25, 0.3) is 0 Å². The Morgan fingerprint density at radius 3 is 2.69 bits per heavy atom. The summed E-state index contributed by atoms with van der Waals surface area (Å²) < 4.78 is 3.04. The molecule has 0 saturated carbocycles. The van der Waals surface area contributed by atoms with Crippen LogP contribution >= 0.6 is 34.2 Å². The van der Waals surface area contributed by atoms with Crippen molar-refractivity contribution in [3.8, 4) is 33.9 Å². The van der Waals surface area contributed by atoms with Gasteiger partial charge in [-0.15, -0.1) is 11.3 Å². The van der Waals surface area contributed by atoms with E-state index in [1.165, 1.54) is 23.9 Å². The van der Waals surface area contributed by atoms with E-state index in [0.29, 0.717) is 11.3 Å². The Labute approximate surface area is 167 Å². The van der Waals surface area contributed by atoms with Crippen molar-refractivity contribution in [2.24, 2.45) is 0 Å². The molecule has 0 fully saturated rings. The number of nitrogens with zero attached hydrogens (tertiary/aromatic N) is 1. The molecule has 2 aromatic carbocycles. The zero-order chi connectivity index (χ0) is 18.4. The number of rotatable bonds is 3. The third kappa shape index (κ3) is 2.88. The number of phenols is 2. The summed E-state index contributed by atoms with van der Waals surface area (Å²) in [6.45, 7) is 1.46. The summed E-state index contributed by atoms with van der Waals surface area (Å²) in [4.78, 5) is 17.5. The van der Waals surface area contributed by atoms with E-state index < -0.39 is 0 Å². The zero-order valence-electron chi connectivity index (χ0n) is 13.6. The van der Waals surface area contributed by atoms with Gasteiger partial charge in [0.2, 0.25) is 5.91 Å². The molecule has 0 spiro atoms. The largest absolute Gasteiger partial charge is 0.504 e. The lowest BCUT2D eigenvalue weighted by Gasteiger charge is -2.14. The van der Waals surface area contributed by atoms with Crippen molar-refractivity contribution in [3.05, 3.63) is 40.8 Å². The molecule has 1 heterocycles. The van der Waals surface area contributed by atoms with Gasteiger partial charge < -0.3 is 19.1 Å². The molecule has 1 aliphatic carbocycles. The number of benzene rings is 2. The van der Waals surface area contributed by atoms with Crippen LogP contribution in [0.25, 0.3) is 22.4 Å². The minimum atomic E-state index is -0.206. The van der Waals surface area contributed by atoms with Crippen molar-refractivity contribution in [1.29, 1.82) is 0 Å². The number of anilines is 2. The SMILES string of the molecule is CC(=O)Nc1cc2c(cc1-c1ccc(O)c(O)c1)-c1nc(NI)sc1C2. The molecule has 0 saturated heterocycles. The van der Waals surface area contributed by atoms with E-state index in [1.54, 1.807) is 17.4 Å². The number of aromatic nitrogens is 1. The highest BCUT2D eigenvalue weighted by Gasteiger charge is 2.25. The molecule has 4 rings (SSSR count). The van der Waals surface area contributed by atoms with Crippen molar-refractivity contribution in [1.82, 2.24) is 4.98 Å². The molecule has 0 bridgehead atoms. The van der Waals surface area contributed by atoms with Crippen LogP contribution in [0.15, 0.2) is 30.3 Å². The van der Waals surface area contributed by atoms with Crippen LogP contribution in [0.3, 0.4) is 0 Å². The first-order valence-electron chi connectivity index (χ1n) is 7.80. The van der Waals surface area contributed by atoms with Gasteiger partial charge in [0.05, 0.1) is 28.6 Å². The molecule has 0 unspecified atom stereocenters. The van der Waals surface area contributed by atoms with Gasteiger partial charge in [0.1, 0.15) is 0 Å². The van der Waals surface area contributed by atoms with Gasteiger partial charge in [-0.05, 0) is 35.4 Å². The van der Waals surface area contributed by atoms with E-state index in [1.807, 2.05) is 12.1 Å². The number of nitrogens with one attached hydrogen (secondary N) is 2. The number of hydrogen-bond acceptors (Lipinski definition) is 6. The van der Waals surface area contributed by atoms with E-state index in [4.69, 9.17) is 0 Å². The average molecular weight is 479 g/mol. The van der Waals surface area contributed by atoms with E-state index in [2.05, 4.69) is 36.7 Å². The van der Waals surface area contributed by atoms with Crippen molar-refractivity contribution < 1.29 is 15.0 Å². The van der Waals surface area contributed by atoms with Crippen LogP contribution in [0.4, 0.5) is 10.8 Å². The zero-order valence-corrected chi connectivity index (χ0v) is 16.6. The Balaban J connectivity index is 1.90. The first-order valence-corrected chi connectivity index (χ1v) is 9.69. The normalized spacial score (nSPS) is 11.8. The Bertz CT molecular complexity index is 1050. The predicted molar refractivity (Wildman–Crippen MR) is 111 cm³/mol. The summed E-state index contributed by atoms with van der Waals surface area (Å²) in [7, 11) is 0. The summed E-state index contributed by atoms with van der Waals surface area (Å²) in [5.74, 6) is -0.561. The van der Waals surface area contributed by atoms with Crippen LogP contribution in [0.2, 0.25) is 0 Å². The number of hydrogen-bond donors (Lipinski definition) is 4. The molecule has 0 radical (unpaired) electrons. The molecule has 1 amide bonds. The standard InChI is InChI=1S/C18H14IN3O3S/c1-8(23)20-13-4-10-6-16-17(21-18(22-19)26-16)12(10)7-11(13)9-2-3-14(24)15(25)5-9/h2-5,7,24-25H,6H2,1H3,(H,20,23)(H,21,22). The molecule has 4 N–H and O–H groups in total. The maximum atomic E-state index is 11.6. The first kappa shape index (κ1) is 17.1. The minimum absolute atomic E-state index is 0.170. The number of amides is 1. The second kappa shape index (κ2) is 6.44. The summed E-state index contributed by atoms with van der Waals surface area (Å²) >= 11 is 3.68. The highest BCUT2D eigenvalue weighted by atomic mass is 127. The van der Waals surface area contributed by atoms with Gasteiger partial charge in [-0.3, -0.25) is 4.79 Å². The molecule has 132 valence electrons. The summed E-state index contributed by atoms with van der Waals surface area (Å²) in [6, 6.07) is 8.56. The quantitative estimate of drug-likeness (QED) is 0.197. The lowest BCUT2D eigenvalue weighted by molar-refractivity contribution is -0.114. The van der Waals surface area contributed by atoms with Crippen LogP contribution < -0.4 is 8.85 Å². The van der Waals surface area contributed by atoms with Crippen LogP contribution in [0, 0.1) is 0 Å². The van der Waals surface area contributed by atoms with Crippen molar-refractivity contribution in [2.45, 2.75) is 13.3 Å². The van der Waals surface area contributed by atoms with Crippen LogP contribution in [-0.2, 0) is 11.2 Å². The number of carbonyl (C=O) groups excluding carboxylic acids is 1. The van der Waals surface area contributed by atoms with Crippen LogP contribution in [0.1, 0.15) is 17.4 Å².